The Morgan fingerprint density at radius 2 is 2.12 bits per heavy atom. The smallest absolute Gasteiger partial charge is 0.321 e. The second-order valence-corrected chi connectivity index (χ2v) is 6.76. The summed E-state index contributed by atoms with van der Waals surface area (Å²) < 4.78 is 9.39. The van der Waals surface area contributed by atoms with Gasteiger partial charge in [0.2, 0.25) is 5.13 Å². The van der Waals surface area contributed by atoms with Gasteiger partial charge in [0.15, 0.2) is 5.82 Å². The van der Waals surface area contributed by atoms with Crippen LogP contribution in [0.5, 0.6) is 5.75 Å². The first kappa shape index (κ1) is 18.7. The molecule has 0 unspecified atom stereocenters. The zero-order valence-electron chi connectivity index (χ0n) is 14.2. The molecule has 9 heteroatoms. The van der Waals surface area contributed by atoms with E-state index in [1.54, 1.807) is 27.0 Å². The van der Waals surface area contributed by atoms with Crippen molar-refractivity contribution in [3.8, 4) is 17.1 Å². The highest BCUT2D eigenvalue weighted by atomic mass is 32.1. The zero-order valence-corrected chi connectivity index (χ0v) is 15.0. The van der Waals surface area contributed by atoms with E-state index >= 15 is 0 Å². The number of carbonyl (C=O) groups is 2. The second kappa shape index (κ2) is 7.93. The summed E-state index contributed by atoms with van der Waals surface area (Å²) in [6.45, 7) is 3.52. The lowest BCUT2D eigenvalue weighted by Gasteiger charge is -2.25. The molecule has 0 aliphatic rings. The summed E-state index contributed by atoms with van der Waals surface area (Å²) in [5.41, 5.74) is 0.133. The van der Waals surface area contributed by atoms with E-state index in [1.165, 1.54) is 0 Å². The first-order chi connectivity index (χ1) is 11.8. The van der Waals surface area contributed by atoms with E-state index in [-0.39, 0.29) is 6.42 Å². The molecule has 2 rings (SSSR count). The predicted octanol–water partition coefficient (Wildman–Crippen LogP) is 2.98. The number of urea groups is 1. The standard InChI is InChI=1S/C16H20N4O4S/c1-16(2,8-7-12(21)22)19-14(23)18-15-17-13(20-25-15)10-5-4-6-11(9-10)24-3/h4-6,9H,7-8H2,1-3H3,(H,21,22)(H2,17,18,19,20,23). The van der Waals surface area contributed by atoms with Gasteiger partial charge in [-0.15, -0.1) is 0 Å². The van der Waals surface area contributed by atoms with Crippen LogP contribution in [-0.4, -0.2) is 39.1 Å². The molecule has 0 spiro atoms. The van der Waals surface area contributed by atoms with Crippen LogP contribution in [0.1, 0.15) is 26.7 Å². The van der Waals surface area contributed by atoms with Gasteiger partial charge >= 0.3 is 12.0 Å². The SMILES string of the molecule is COc1cccc(-c2nsc(NC(=O)NC(C)(C)CCC(=O)O)n2)c1. The lowest BCUT2D eigenvalue weighted by atomic mass is 9.99. The molecule has 1 aromatic carbocycles. The average molecular weight is 364 g/mol. The predicted molar refractivity (Wildman–Crippen MR) is 95.0 cm³/mol. The molecule has 8 nitrogen and oxygen atoms in total. The maximum Gasteiger partial charge on any atom is 0.321 e. The highest BCUT2D eigenvalue weighted by Crippen LogP contribution is 2.24. The van der Waals surface area contributed by atoms with Crippen molar-refractivity contribution in [2.24, 2.45) is 0 Å². The van der Waals surface area contributed by atoms with Crippen molar-refractivity contribution in [2.45, 2.75) is 32.2 Å². The molecule has 0 aliphatic carbocycles. The third-order valence-corrected chi connectivity index (χ3v) is 4.02. The van der Waals surface area contributed by atoms with E-state index in [4.69, 9.17) is 9.84 Å². The molecule has 0 aliphatic heterocycles. The molecule has 0 fully saturated rings. The summed E-state index contributed by atoms with van der Waals surface area (Å²) in [4.78, 5) is 27.0. The van der Waals surface area contributed by atoms with Gasteiger partial charge in [0.05, 0.1) is 7.11 Å². The number of benzene rings is 1. The fourth-order valence-corrected chi connectivity index (χ4v) is 2.66. The van der Waals surface area contributed by atoms with Gasteiger partial charge in [-0.3, -0.25) is 10.1 Å². The van der Waals surface area contributed by atoms with E-state index in [0.29, 0.717) is 23.1 Å². The number of ether oxygens (including phenoxy) is 1. The largest absolute Gasteiger partial charge is 0.497 e. The van der Waals surface area contributed by atoms with Crippen LogP contribution in [0.25, 0.3) is 11.4 Å². The van der Waals surface area contributed by atoms with Crippen molar-refractivity contribution < 1.29 is 19.4 Å². The van der Waals surface area contributed by atoms with E-state index in [0.717, 1.165) is 17.1 Å². The van der Waals surface area contributed by atoms with Crippen LogP contribution in [0, 0.1) is 0 Å². The number of aliphatic carboxylic acids is 1. The summed E-state index contributed by atoms with van der Waals surface area (Å²) in [5, 5.41) is 14.4. The van der Waals surface area contributed by atoms with Gasteiger partial charge in [-0.05, 0) is 32.4 Å². The fourth-order valence-electron chi connectivity index (χ4n) is 2.07. The fraction of sp³-hybridized carbons (Fsp3) is 0.375. The Balaban J connectivity index is 1.98. The normalized spacial score (nSPS) is 11.0. The van der Waals surface area contributed by atoms with Crippen LogP contribution in [-0.2, 0) is 4.79 Å². The molecule has 1 heterocycles. The minimum absolute atomic E-state index is 0.0218. The number of nitrogens with one attached hydrogen (secondary N) is 2. The summed E-state index contributed by atoms with van der Waals surface area (Å²) >= 11 is 1.06. The first-order valence-electron chi connectivity index (χ1n) is 7.58. The van der Waals surface area contributed by atoms with Crippen LogP contribution in [0.15, 0.2) is 24.3 Å². The Bertz CT molecular complexity index is 760. The molecule has 0 atom stereocenters. The Hall–Kier alpha value is -2.68. The van der Waals surface area contributed by atoms with Gasteiger partial charge in [0.1, 0.15) is 5.75 Å². The van der Waals surface area contributed by atoms with Crippen LogP contribution >= 0.6 is 11.5 Å². The number of anilines is 1. The molecule has 134 valence electrons. The number of aromatic nitrogens is 2. The molecule has 3 N–H and O–H groups in total. The van der Waals surface area contributed by atoms with Crippen molar-refractivity contribution in [3.63, 3.8) is 0 Å². The van der Waals surface area contributed by atoms with E-state index in [9.17, 15) is 9.59 Å². The summed E-state index contributed by atoms with van der Waals surface area (Å²) in [6, 6.07) is 6.86. The molecule has 0 saturated heterocycles. The quantitative estimate of drug-likeness (QED) is 0.696. The van der Waals surface area contributed by atoms with Crippen molar-refractivity contribution in [2.75, 3.05) is 12.4 Å². The molecule has 0 saturated carbocycles. The van der Waals surface area contributed by atoms with Crippen LogP contribution in [0.3, 0.4) is 0 Å². The first-order valence-corrected chi connectivity index (χ1v) is 8.35. The average Bonchev–Trinajstić information content (AvgIpc) is 3.01. The van der Waals surface area contributed by atoms with Gasteiger partial charge in [0.25, 0.3) is 0 Å². The third-order valence-electron chi connectivity index (χ3n) is 3.39. The number of carboxylic acid groups (broad SMARTS) is 1. The van der Waals surface area contributed by atoms with Crippen LogP contribution in [0.4, 0.5) is 9.93 Å². The Kier molecular flexibility index (Phi) is 5.92. The molecule has 25 heavy (non-hydrogen) atoms. The van der Waals surface area contributed by atoms with Crippen molar-refractivity contribution in [1.29, 1.82) is 0 Å². The van der Waals surface area contributed by atoms with Gasteiger partial charge < -0.3 is 15.2 Å². The monoisotopic (exact) mass is 364 g/mol. The highest BCUT2D eigenvalue weighted by molar-refractivity contribution is 7.10. The number of amides is 2. The Morgan fingerprint density at radius 3 is 2.80 bits per heavy atom. The number of carbonyl (C=O) groups excluding carboxylic acids is 1. The molecular weight excluding hydrogens is 344 g/mol. The van der Waals surface area contributed by atoms with Crippen molar-refractivity contribution in [1.82, 2.24) is 14.7 Å². The number of methoxy groups -OCH3 is 1. The van der Waals surface area contributed by atoms with E-state index < -0.39 is 17.5 Å². The van der Waals surface area contributed by atoms with Crippen LogP contribution < -0.4 is 15.4 Å². The molecule has 2 aromatic rings. The van der Waals surface area contributed by atoms with Gasteiger partial charge in [-0.1, -0.05) is 12.1 Å². The molecular formula is C16H20N4O4S. The number of nitrogens with zero attached hydrogens (tertiary/aromatic N) is 2. The van der Waals surface area contributed by atoms with E-state index in [2.05, 4.69) is 20.0 Å². The van der Waals surface area contributed by atoms with Crippen molar-refractivity contribution >= 4 is 28.7 Å². The lowest BCUT2D eigenvalue weighted by Crippen LogP contribution is -2.45. The maximum atomic E-state index is 12.1. The van der Waals surface area contributed by atoms with Gasteiger partial charge in [0, 0.05) is 29.1 Å². The van der Waals surface area contributed by atoms with E-state index in [1.807, 2.05) is 18.2 Å². The Morgan fingerprint density at radius 1 is 1.36 bits per heavy atom. The minimum atomic E-state index is -0.901. The lowest BCUT2D eigenvalue weighted by molar-refractivity contribution is -0.137. The number of rotatable bonds is 7. The number of hydrogen-bond donors (Lipinski definition) is 3. The number of hydrogen-bond acceptors (Lipinski definition) is 6. The summed E-state index contributed by atoms with van der Waals surface area (Å²) in [5.74, 6) is 0.284. The second-order valence-electron chi connectivity index (χ2n) is 6.01. The maximum absolute atomic E-state index is 12.1. The van der Waals surface area contributed by atoms with Crippen LogP contribution in [0.2, 0.25) is 0 Å². The van der Waals surface area contributed by atoms with Gasteiger partial charge in [-0.25, -0.2) is 4.79 Å². The highest BCUT2D eigenvalue weighted by Gasteiger charge is 2.22. The molecule has 0 radical (unpaired) electrons. The summed E-state index contributed by atoms with van der Waals surface area (Å²) in [7, 11) is 1.58. The zero-order chi connectivity index (χ0) is 18.4. The molecule has 0 bridgehead atoms. The Labute approximate surface area is 149 Å². The minimum Gasteiger partial charge on any atom is -0.497 e. The van der Waals surface area contributed by atoms with Crippen molar-refractivity contribution in [3.05, 3.63) is 24.3 Å². The number of carboxylic acids is 1. The topological polar surface area (TPSA) is 113 Å². The third kappa shape index (κ3) is 5.71. The molecule has 2 amide bonds. The molecule has 1 aromatic heterocycles. The summed E-state index contributed by atoms with van der Waals surface area (Å²) in [6.07, 6.45) is 0.299. The van der Waals surface area contributed by atoms with Gasteiger partial charge in [-0.2, -0.15) is 9.36 Å².